The van der Waals surface area contributed by atoms with Crippen LogP contribution in [0.25, 0.3) is 0 Å². The van der Waals surface area contributed by atoms with Gasteiger partial charge in [-0.3, -0.25) is 4.79 Å². The number of rotatable bonds is 2. The molecule has 1 heterocycles. The number of likely N-dealkylation sites (tertiary alicyclic amines) is 1. The topological polar surface area (TPSA) is 20.3 Å². The van der Waals surface area contributed by atoms with Crippen LogP contribution >= 0.6 is 0 Å². The molecule has 1 unspecified atom stereocenters. The van der Waals surface area contributed by atoms with Crippen LogP contribution in [0.2, 0.25) is 0 Å². The maximum atomic E-state index is 13.2. The van der Waals surface area contributed by atoms with E-state index in [2.05, 4.69) is 63.8 Å². The lowest BCUT2D eigenvalue weighted by Gasteiger charge is -2.64. The lowest BCUT2D eigenvalue weighted by Crippen LogP contribution is -2.69. The first-order valence-electron chi connectivity index (χ1n) is 11.1. The van der Waals surface area contributed by atoms with Crippen molar-refractivity contribution in [1.82, 2.24) is 4.90 Å². The summed E-state index contributed by atoms with van der Waals surface area (Å²) in [5.41, 5.74) is 2.61. The minimum atomic E-state index is -0.266. The van der Waals surface area contributed by atoms with Crippen LogP contribution in [0.3, 0.4) is 0 Å². The molecule has 1 amide bonds. The lowest BCUT2D eigenvalue weighted by atomic mass is 9.52. The van der Waals surface area contributed by atoms with Crippen LogP contribution in [0.4, 0.5) is 0 Å². The predicted molar refractivity (Wildman–Crippen MR) is 109 cm³/mol. The van der Waals surface area contributed by atoms with Crippen molar-refractivity contribution >= 4 is 5.91 Å². The molecule has 2 heteroatoms. The van der Waals surface area contributed by atoms with Crippen molar-refractivity contribution in [1.29, 1.82) is 0 Å². The van der Waals surface area contributed by atoms with Crippen molar-refractivity contribution in [3.05, 3.63) is 35.4 Å². The summed E-state index contributed by atoms with van der Waals surface area (Å²) in [6.07, 6.45) is 6.96. The van der Waals surface area contributed by atoms with Gasteiger partial charge in [-0.2, -0.15) is 0 Å². The van der Waals surface area contributed by atoms with Gasteiger partial charge in [-0.15, -0.1) is 0 Å². The number of hydrogen-bond acceptors (Lipinski definition) is 1. The Morgan fingerprint density at radius 3 is 1.89 bits per heavy atom. The molecule has 27 heavy (non-hydrogen) atoms. The highest BCUT2D eigenvalue weighted by molar-refractivity contribution is 5.90. The quantitative estimate of drug-likeness (QED) is 0.614. The van der Waals surface area contributed by atoms with Crippen molar-refractivity contribution in [3.63, 3.8) is 0 Å². The van der Waals surface area contributed by atoms with Gasteiger partial charge in [-0.1, -0.05) is 45.0 Å². The SMILES string of the molecule is CC(C)(C)c1ccc(C2N(C3C4CC5CC(C4)CC3C5)C(=O)C2(C)C)cc1. The number of benzene rings is 1. The summed E-state index contributed by atoms with van der Waals surface area (Å²) < 4.78 is 0. The molecule has 1 saturated heterocycles. The van der Waals surface area contributed by atoms with Crippen LogP contribution in [0.5, 0.6) is 0 Å². The van der Waals surface area contributed by atoms with Gasteiger partial charge in [0.15, 0.2) is 0 Å². The first-order chi connectivity index (χ1) is 12.7. The van der Waals surface area contributed by atoms with Gasteiger partial charge in [0.25, 0.3) is 0 Å². The molecular formula is C25H35NO. The minimum Gasteiger partial charge on any atom is -0.331 e. The Kier molecular flexibility index (Phi) is 3.69. The summed E-state index contributed by atoms with van der Waals surface area (Å²) in [5, 5.41) is 0. The Hall–Kier alpha value is -1.31. The first-order valence-corrected chi connectivity index (χ1v) is 11.1. The molecular weight excluding hydrogens is 330 g/mol. The van der Waals surface area contributed by atoms with Gasteiger partial charge in [0.05, 0.1) is 11.5 Å². The van der Waals surface area contributed by atoms with E-state index in [1.54, 1.807) is 0 Å². The fraction of sp³-hybridized carbons (Fsp3) is 0.720. The van der Waals surface area contributed by atoms with E-state index in [-0.39, 0.29) is 16.9 Å². The number of nitrogens with zero attached hydrogens (tertiary/aromatic N) is 1. The molecule has 1 aromatic carbocycles. The Morgan fingerprint density at radius 1 is 0.889 bits per heavy atom. The standard InChI is InChI=1S/C25H35NO/c1-24(2,3)20-8-6-17(7-9-20)22-25(4,5)23(27)26(22)21-18-11-15-10-16(13-18)14-19(21)12-15/h6-9,15-16,18-19,21-22H,10-14H2,1-5H3. The van der Waals surface area contributed by atoms with E-state index in [4.69, 9.17) is 0 Å². The zero-order valence-electron chi connectivity index (χ0n) is 17.7. The first kappa shape index (κ1) is 17.8. The highest BCUT2D eigenvalue weighted by atomic mass is 16.2. The Balaban J connectivity index is 1.47. The van der Waals surface area contributed by atoms with Crippen LogP contribution in [0.15, 0.2) is 24.3 Å². The fourth-order valence-corrected chi connectivity index (χ4v) is 7.25. The van der Waals surface area contributed by atoms with Crippen LogP contribution in [0, 0.1) is 29.1 Å². The lowest BCUT2D eigenvalue weighted by molar-refractivity contribution is -0.191. The fourth-order valence-electron chi connectivity index (χ4n) is 7.25. The molecule has 4 aliphatic carbocycles. The molecule has 4 bridgehead atoms. The average molecular weight is 366 g/mol. The van der Waals surface area contributed by atoms with Crippen molar-refractivity contribution in [2.45, 2.75) is 84.2 Å². The van der Waals surface area contributed by atoms with Crippen molar-refractivity contribution in [2.24, 2.45) is 29.1 Å². The van der Waals surface area contributed by atoms with Crippen LogP contribution in [-0.2, 0) is 10.2 Å². The molecule has 5 aliphatic rings. The summed E-state index contributed by atoms with van der Waals surface area (Å²) in [7, 11) is 0. The van der Waals surface area contributed by atoms with E-state index in [9.17, 15) is 4.79 Å². The predicted octanol–water partition coefficient (Wildman–Crippen LogP) is 5.72. The smallest absolute Gasteiger partial charge is 0.231 e. The Morgan fingerprint density at radius 2 is 1.41 bits per heavy atom. The van der Waals surface area contributed by atoms with Gasteiger partial charge in [0.1, 0.15) is 0 Å². The van der Waals surface area contributed by atoms with E-state index < -0.39 is 0 Å². The zero-order valence-corrected chi connectivity index (χ0v) is 17.7. The van der Waals surface area contributed by atoms with Crippen molar-refractivity contribution in [2.75, 3.05) is 0 Å². The summed E-state index contributed by atoms with van der Waals surface area (Å²) in [5.74, 6) is 3.83. The van der Waals surface area contributed by atoms with E-state index >= 15 is 0 Å². The number of carbonyl (C=O) groups is 1. The average Bonchev–Trinajstić information content (AvgIpc) is 2.59. The molecule has 2 nitrogen and oxygen atoms in total. The highest BCUT2D eigenvalue weighted by Crippen LogP contribution is 2.60. The third kappa shape index (κ3) is 2.54. The number of carbonyl (C=O) groups excluding carboxylic acids is 1. The van der Waals surface area contributed by atoms with Crippen molar-refractivity contribution in [3.8, 4) is 0 Å². The third-order valence-electron chi connectivity index (χ3n) is 8.34. The molecule has 4 saturated carbocycles. The van der Waals surface area contributed by atoms with Gasteiger partial charge in [0, 0.05) is 6.04 Å². The molecule has 0 aromatic heterocycles. The summed E-state index contributed by atoms with van der Waals surface area (Å²) in [6.45, 7) is 11.1. The van der Waals surface area contributed by atoms with Crippen LogP contribution in [-0.4, -0.2) is 16.8 Å². The van der Waals surface area contributed by atoms with Gasteiger partial charge in [-0.25, -0.2) is 0 Å². The van der Waals surface area contributed by atoms with Gasteiger partial charge >= 0.3 is 0 Å². The van der Waals surface area contributed by atoms with E-state index in [1.165, 1.54) is 43.2 Å². The third-order valence-corrected chi connectivity index (χ3v) is 8.34. The monoisotopic (exact) mass is 365 g/mol. The second kappa shape index (κ2) is 5.61. The van der Waals surface area contributed by atoms with Gasteiger partial charge < -0.3 is 4.90 Å². The summed E-state index contributed by atoms with van der Waals surface area (Å²) in [4.78, 5) is 15.6. The normalized spacial score (nSPS) is 39.6. The van der Waals surface area contributed by atoms with Crippen LogP contribution < -0.4 is 0 Å². The van der Waals surface area contributed by atoms with Crippen molar-refractivity contribution < 1.29 is 4.79 Å². The van der Waals surface area contributed by atoms with E-state index in [0.717, 1.165) is 23.7 Å². The summed E-state index contributed by atoms with van der Waals surface area (Å²) >= 11 is 0. The zero-order chi connectivity index (χ0) is 19.1. The maximum Gasteiger partial charge on any atom is 0.231 e. The van der Waals surface area contributed by atoms with E-state index in [1.807, 2.05) is 0 Å². The number of amides is 1. The molecule has 146 valence electrons. The highest BCUT2D eigenvalue weighted by Gasteiger charge is 2.61. The minimum absolute atomic E-state index is 0.171. The maximum absolute atomic E-state index is 13.2. The molecule has 1 aliphatic heterocycles. The number of β-lactam (4-membered cyclic amide) rings is 1. The largest absolute Gasteiger partial charge is 0.331 e. The number of hydrogen-bond donors (Lipinski definition) is 0. The Labute approximate surface area is 164 Å². The second-order valence-corrected chi connectivity index (χ2v) is 11.6. The molecule has 1 aromatic rings. The summed E-state index contributed by atoms with van der Waals surface area (Å²) in [6, 6.07) is 9.91. The van der Waals surface area contributed by atoms with Crippen LogP contribution in [0.1, 0.15) is 83.9 Å². The molecule has 1 atom stereocenters. The van der Waals surface area contributed by atoms with E-state index in [0.29, 0.717) is 11.9 Å². The second-order valence-electron chi connectivity index (χ2n) is 11.6. The molecule has 6 rings (SSSR count). The Bertz CT molecular complexity index is 726. The molecule has 0 spiro atoms. The molecule has 0 N–H and O–H groups in total. The molecule has 0 radical (unpaired) electrons. The molecule has 5 fully saturated rings. The van der Waals surface area contributed by atoms with Gasteiger partial charge in [0.2, 0.25) is 5.91 Å². The van der Waals surface area contributed by atoms with Gasteiger partial charge in [-0.05, 0) is 86.2 Å².